The molecule has 0 unspecified atom stereocenters. The third-order valence-electron chi connectivity index (χ3n) is 4.19. The summed E-state index contributed by atoms with van der Waals surface area (Å²) in [5.41, 5.74) is 3.55. The Bertz CT molecular complexity index is 779. The Labute approximate surface area is 154 Å². The van der Waals surface area contributed by atoms with Crippen molar-refractivity contribution in [2.24, 2.45) is 0 Å². The van der Waals surface area contributed by atoms with Gasteiger partial charge < -0.3 is 9.88 Å². The first-order valence-corrected chi connectivity index (χ1v) is 9.14. The number of hydrogen-bond donors (Lipinski definition) is 1. The van der Waals surface area contributed by atoms with Crippen molar-refractivity contribution in [3.05, 3.63) is 77.1 Å². The zero-order valence-electron chi connectivity index (χ0n) is 14.6. The van der Waals surface area contributed by atoms with Crippen molar-refractivity contribution in [2.75, 3.05) is 13.1 Å². The van der Waals surface area contributed by atoms with E-state index < -0.39 is 0 Å². The van der Waals surface area contributed by atoms with Crippen LogP contribution in [0.3, 0.4) is 0 Å². The van der Waals surface area contributed by atoms with E-state index >= 15 is 0 Å². The average Bonchev–Trinajstić information content (AvgIpc) is 3.01. The van der Waals surface area contributed by atoms with Gasteiger partial charge in [0.15, 0.2) is 0 Å². The Hall–Kier alpha value is -2.10. The third-order valence-corrected chi connectivity index (χ3v) is 4.44. The molecule has 3 aromatic rings. The number of benzene rings is 2. The highest BCUT2D eigenvalue weighted by Crippen LogP contribution is 2.18. The molecule has 0 bridgehead atoms. The van der Waals surface area contributed by atoms with Crippen LogP contribution in [0.4, 0.5) is 0 Å². The van der Waals surface area contributed by atoms with Gasteiger partial charge in [0, 0.05) is 23.3 Å². The van der Waals surface area contributed by atoms with Crippen LogP contribution in [0, 0.1) is 6.92 Å². The van der Waals surface area contributed by atoms with Crippen molar-refractivity contribution in [1.29, 1.82) is 0 Å². The monoisotopic (exact) mass is 353 g/mol. The SMILES string of the molecule is Cc1cn(CCCNCCc2ccc(Cl)cc2)c(-c2ccccc2)n1. The molecule has 0 spiro atoms. The van der Waals surface area contributed by atoms with Crippen LogP contribution in [0.1, 0.15) is 17.7 Å². The zero-order chi connectivity index (χ0) is 17.5. The summed E-state index contributed by atoms with van der Waals surface area (Å²) >= 11 is 5.91. The first kappa shape index (κ1) is 17.7. The molecule has 0 amide bonds. The van der Waals surface area contributed by atoms with Gasteiger partial charge in [0.05, 0.1) is 5.69 Å². The quantitative estimate of drug-likeness (QED) is 0.593. The van der Waals surface area contributed by atoms with Gasteiger partial charge in [0.2, 0.25) is 0 Å². The minimum Gasteiger partial charge on any atom is -0.331 e. The van der Waals surface area contributed by atoms with Crippen LogP contribution in [0.5, 0.6) is 0 Å². The maximum absolute atomic E-state index is 5.91. The largest absolute Gasteiger partial charge is 0.331 e. The van der Waals surface area contributed by atoms with E-state index in [9.17, 15) is 0 Å². The lowest BCUT2D eigenvalue weighted by Gasteiger charge is -2.09. The van der Waals surface area contributed by atoms with Gasteiger partial charge in [-0.2, -0.15) is 0 Å². The summed E-state index contributed by atoms with van der Waals surface area (Å²) in [6, 6.07) is 18.4. The summed E-state index contributed by atoms with van der Waals surface area (Å²) in [7, 11) is 0. The van der Waals surface area contributed by atoms with E-state index in [1.807, 2.05) is 25.1 Å². The Morgan fingerprint density at radius 3 is 2.52 bits per heavy atom. The summed E-state index contributed by atoms with van der Waals surface area (Å²) in [4.78, 5) is 4.67. The van der Waals surface area contributed by atoms with E-state index in [1.54, 1.807) is 0 Å². The Kier molecular flexibility index (Phi) is 6.26. The molecule has 4 heteroatoms. The van der Waals surface area contributed by atoms with Crippen molar-refractivity contribution in [3.63, 3.8) is 0 Å². The normalized spacial score (nSPS) is 11.0. The second-order valence-electron chi connectivity index (χ2n) is 6.25. The zero-order valence-corrected chi connectivity index (χ0v) is 15.3. The second-order valence-corrected chi connectivity index (χ2v) is 6.68. The van der Waals surface area contributed by atoms with Gasteiger partial charge in [-0.3, -0.25) is 0 Å². The van der Waals surface area contributed by atoms with Gasteiger partial charge in [0.1, 0.15) is 5.82 Å². The van der Waals surface area contributed by atoms with Gasteiger partial charge in [-0.05, 0) is 50.6 Å². The molecule has 0 aliphatic carbocycles. The van der Waals surface area contributed by atoms with E-state index in [-0.39, 0.29) is 0 Å². The fraction of sp³-hybridized carbons (Fsp3) is 0.286. The molecule has 0 saturated carbocycles. The van der Waals surface area contributed by atoms with Crippen LogP contribution >= 0.6 is 11.6 Å². The standard InChI is InChI=1S/C21H24ClN3/c1-17-16-25(21(24-17)19-6-3-2-4-7-19)15-5-13-23-14-12-18-8-10-20(22)11-9-18/h2-4,6-11,16,23H,5,12-15H2,1H3. The smallest absolute Gasteiger partial charge is 0.140 e. The van der Waals surface area contributed by atoms with Crippen LogP contribution < -0.4 is 5.32 Å². The van der Waals surface area contributed by atoms with E-state index in [0.717, 1.165) is 49.0 Å². The van der Waals surface area contributed by atoms with Crippen molar-refractivity contribution < 1.29 is 0 Å². The summed E-state index contributed by atoms with van der Waals surface area (Å²) < 4.78 is 2.26. The van der Waals surface area contributed by atoms with Gasteiger partial charge in [0.25, 0.3) is 0 Å². The van der Waals surface area contributed by atoms with Gasteiger partial charge >= 0.3 is 0 Å². The molecule has 1 heterocycles. The van der Waals surface area contributed by atoms with Crippen LogP contribution in [0.25, 0.3) is 11.4 Å². The maximum atomic E-state index is 5.91. The highest BCUT2D eigenvalue weighted by Gasteiger charge is 2.07. The Morgan fingerprint density at radius 2 is 1.76 bits per heavy atom. The number of halogens is 1. The molecule has 25 heavy (non-hydrogen) atoms. The van der Waals surface area contributed by atoms with Gasteiger partial charge in [-0.15, -0.1) is 0 Å². The fourth-order valence-corrected chi connectivity index (χ4v) is 3.04. The topological polar surface area (TPSA) is 29.9 Å². The second kappa shape index (κ2) is 8.84. The summed E-state index contributed by atoms with van der Waals surface area (Å²) in [5, 5.41) is 4.31. The Balaban J connectivity index is 1.44. The maximum Gasteiger partial charge on any atom is 0.140 e. The van der Waals surface area contributed by atoms with E-state index in [2.05, 4.69) is 57.5 Å². The Morgan fingerprint density at radius 1 is 1.00 bits per heavy atom. The molecule has 1 aromatic heterocycles. The molecule has 0 atom stereocenters. The first-order chi connectivity index (χ1) is 12.2. The molecule has 1 N–H and O–H groups in total. The number of aryl methyl sites for hydroxylation is 2. The number of rotatable bonds is 8. The number of imidazole rings is 1. The molecule has 0 aliphatic heterocycles. The predicted molar refractivity (Wildman–Crippen MR) is 105 cm³/mol. The minimum absolute atomic E-state index is 0.793. The molecule has 3 rings (SSSR count). The minimum atomic E-state index is 0.793. The molecule has 2 aromatic carbocycles. The molecule has 0 saturated heterocycles. The molecule has 0 fully saturated rings. The fourth-order valence-electron chi connectivity index (χ4n) is 2.92. The number of aromatic nitrogens is 2. The molecular formula is C21H24ClN3. The molecule has 130 valence electrons. The van der Waals surface area contributed by atoms with Crippen molar-refractivity contribution in [2.45, 2.75) is 26.3 Å². The van der Waals surface area contributed by atoms with Crippen molar-refractivity contribution in [3.8, 4) is 11.4 Å². The molecule has 3 nitrogen and oxygen atoms in total. The third kappa shape index (κ3) is 5.18. The highest BCUT2D eigenvalue weighted by atomic mass is 35.5. The molecular weight excluding hydrogens is 330 g/mol. The van der Waals surface area contributed by atoms with Gasteiger partial charge in [-0.1, -0.05) is 54.1 Å². The van der Waals surface area contributed by atoms with Crippen molar-refractivity contribution in [1.82, 2.24) is 14.9 Å². The number of nitrogens with one attached hydrogen (secondary N) is 1. The lowest BCUT2D eigenvalue weighted by molar-refractivity contribution is 0.584. The summed E-state index contributed by atoms with van der Waals surface area (Å²) in [6.07, 6.45) is 4.24. The summed E-state index contributed by atoms with van der Waals surface area (Å²) in [5.74, 6) is 1.05. The predicted octanol–water partition coefficient (Wildman–Crippen LogP) is 4.73. The summed E-state index contributed by atoms with van der Waals surface area (Å²) in [6.45, 7) is 5.00. The lowest BCUT2D eigenvalue weighted by atomic mass is 10.1. The van der Waals surface area contributed by atoms with Crippen LogP contribution in [0.15, 0.2) is 60.8 Å². The highest BCUT2D eigenvalue weighted by molar-refractivity contribution is 6.30. The van der Waals surface area contributed by atoms with Crippen LogP contribution in [0.2, 0.25) is 5.02 Å². The average molecular weight is 354 g/mol. The number of hydrogen-bond acceptors (Lipinski definition) is 2. The van der Waals surface area contributed by atoms with E-state index in [1.165, 1.54) is 11.1 Å². The van der Waals surface area contributed by atoms with Gasteiger partial charge in [-0.25, -0.2) is 4.98 Å². The van der Waals surface area contributed by atoms with E-state index in [4.69, 9.17) is 11.6 Å². The first-order valence-electron chi connectivity index (χ1n) is 8.77. The molecule has 0 aliphatic rings. The lowest BCUT2D eigenvalue weighted by Crippen LogP contribution is -2.19. The van der Waals surface area contributed by atoms with E-state index in [0.29, 0.717) is 0 Å². The molecule has 0 radical (unpaired) electrons. The van der Waals surface area contributed by atoms with Crippen molar-refractivity contribution >= 4 is 11.6 Å². The van der Waals surface area contributed by atoms with Crippen LogP contribution in [-0.2, 0) is 13.0 Å². The number of nitrogens with zero attached hydrogens (tertiary/aromatic N) is 2. The van der Waals surface area contributed by atoms with Crippen LogP contribution in [-0.4, -0.2) is 22.6 Å².